The summed E-state index contributed by atoms with van der Waals surface area (Å²) in [5, 5.41) is 11.5. The molecule has 0 aliphatic rings. The topological polar surface area (TPSA) is 72.3 Å². The molecule has 0 radical (unpaired) electrons. The van der Waals surface area contributed by atoms with Gasteiger partial charge in [0.05, 0.1) is 11.8 Å². The first-order chi connectivity index (χ1) is 14.7. The number of ether oxygens (including phenoxy) is 1. The number of nitrogens with zero attached hydrogens (tertiary/aromatic N) is 3. The van der Waals surface area contributed by atoms with Crippen molar-refractivity contribution in [3.05, 3.63) is 112 Å². The van der Waals surface area contributed by atoms with Gasteiger partial charge in [-0.1, -0.05) is 48.5 Å². The lowest BCUT2D eigenvalue weighted by Crippen LogP contribution is -2.08. The van der Waals surface area contributed by atoms with Gasteiger partial charge in [-0.05, 0) is 59.7 Å². The fourth-order valence-electron chi connectivity index (χ4n) is 2.82. The highest BCUT2D eigenvalue weighted by molar-refractivity contribution is 7.71. The lowest BCUT2D eigenvalue weighted by molar-refractivity contribution is 0.0735. The van der Waals surface area contributed by atoms with Crippen molar-refractivity contribution in [2.24, 2.45) is 5.10 Å². The molecule has 4 aromatic rings. The average Bonchev–Trinajstić information content (AvgIpc) is 3.13. The maximum absolute atomic E-state index is 12.1. The molecule has 6 nitrogen and oxygen atoms in total. The minimum absolute atomic E-state index is 0.396. The highest BCUT2D eigenvalue weighted by atomic mass is 32.1. The van der Waals surface area contributed by atoms with Crippen molar-refractivity contribution in [2.75, 3.05) is 0 Å². The Hall–Kier alpha value is -3.84. The third kappa shape index (κ3) is 4.76. The second-order valence-electron chi connectivity index (χ2n) is 6.49. The maximum atomic E-state index is 12.1. The lowest BCUT2D eigenvalue weighted by atomic mass is 10.1. The monoisotopic (exact) mass is 414 g/mol. The van der Waals surface area contributed by atoms with Gasteiger partial charge in [-0.2, -0.15) is 14.9 Å². The van der Waals surface area contributed by atoms with Crippen LogP contribution in [0.2, 0.25) is 0 Å². The Morgan fingerprint density at radius 3 is 2.37 bits per heavy atom. The molecular formula is C23H18N4O2S. The smallest absolute Gasteiger partial charge is 0.343 e. The largest absolute Gasteiger partial charge is 0.423 e. The summed E-state index contributed by atoms with van der Waals surface area (Å²) in [6, 6.07) is 25.9. The molecule has 0 unspecified atom stereocenters. The minimum atomic E-state index is -0.396. The Labute approximate surface area is 178 Å². The molecule has 0 saturated heterocycles. The summed E-state index contributed by atoms with van der Waals surface area (Å²) in [6.45, 7) is 0. The van der Waals surface area contributed by atoms with Crippen molar-refractivity contribution in [3.63, 3.8) is 0 Å². The van der Waals surface area contributed by atoms with E-state index in [9.17, 15) is 4.79 Å². The zero-order valence-corrected chi connectivity index (χ0v) is 16.8. The summed E-state index contributed by atoms with van der Waals surface area (Å²) in [7, 11) is 0. The Balaban J connectivity index is 1.46. The first-order valence-corrected chi connectivity index (χ1v) is 9.72. The van der Waals surface area contributed by atoms with Crippen LogP contribution < -0.4 is 4.74 Å². The van der Waals surface area contributed by atoms with Crippen LogP contribution in [0.25, 0.3) is 0 Å². The molecule has 0 amide bonds. The number of nitrogens with one attached hydrogen (secondary N) is 1. The van der Waals surface area contributed by atoms with Crippen LogP contribution in [0.4, 0.5) is 0 Å². The van der Waals surface area contributed by atoms with Gasteiger partial charge in [-0.25, -0.2) is 4.79 Å². The molecule has 0 aliphatic heterocycles. The first-order valence-electron chi connectivity index (χ1n) is 9.31. The molecule has 0 atom stereocenters. The number of hydrogen-bond acceptors (Lipinski definition) is 5. The lowest BCUT2D eigenvalue weighted by Gasteiger charge is -2.04. The predicted octanol–water partition coefficient (Wildman–Crippen LogP) is 4.63. The molecule has 0 fully saturated rings. The molecule has 1 N–H and O–H groups in total. The molecule has 3 aromatic carbocycles. The van der Waals surface area contributed by atoms with Crippen LogP contribution >= 0.6 is 12.2 Å². The summed E-state index contributed by atoms with van der Waals surface area (Å²) in [5.74, 6) is 0.786. The van der Waals surface area contributed by atoms with E-state index in [4.69, 9.17) is 17.0 Å². The highest BCUT2D eigenvalue weighted by Crippen LogP contribution is 2.14. The minimum Gasteiger partial charge on any atom is -0.423 e. The fraction of sp³-hybridized carbons (Fsp3) is 0.0435. The SMILES string of the molecule is O=C(Oc1ccc(/C=N\n2c(Cc3ccccc3)n[nH]c2=S)cc1)c1ccccc1. The Morgan fingerprint density at radius 1 is 1.00 bits per heavy atom. The van der Waals surface area contributed by atoms with Gasteiger partial charge in [0, 0.05) is 6.42 Å². The maximum Gasteiger partial charge on any atom is 0.343 e. The van der Waals surface area contributed by atoms with Gasteiger partial charge in [0.25, 0.3) is 0 Å². The molecule has 1 heterocycles. The quantitative estimate of drug-likeness (QED) is 0.216. The van der Waals surface area contributed by atoms with Crippen molar-refractivity contribution < 1.29 is 9.53 Å². The fourth-order valence-corrected chi connectivity index (χ4v) is 3.02. The Kier molecular flexibility index (Phi) is 5.91. The molecule has 0 aliphatic carbocycles. The van der Waals surface area contributed by atoms with Crippen LogP contribution in [0.15, 0.2) is 90.0 Å². The van der Waals surface area contributed by atoms with Crippen molar-refractivity contribution in [2.45, 2.75) is 6.42 Å². The molecule has 148 valence electrons. The number of rotatable bonds is 6. The van der Waals surface area contributed by atoms with E-state index >= 15 is 0 Å². The summed E-state index contributed by atoms with van der Waals surface area (Å²) < 4.78 is 7.41. The van der Waals surface area contributed by atoms with E-state index in [0.29, 0.717) is 22.5 Å². The summed E-state index contributed by atoms with van der Waals surface area (Å²) in [5.41, 5.74) is 2.46. The van der Waals surface area contributed by atoms with Gasteiger partial charge in [-0.3, -0.25) is 5.10 Å². The second kappa shape index (κ2) is 9.11. The van der Waals surface area contributed by atoms with Crippen LogP contribution in [0, 0.1) is 4.77 Å². The van der Waals surface area contributed by atoms with Gasteiger partial charge in [0.15, 0.2) is 5.82 Å². The van der Waals surface area contributed by atoms with Crippen LogP contribution in [0.3, 0.4) is 0 Å². The third-order valence-corrected chi connectivity index (χ3v) is 4.61. The van der Waals surface area contributed by atoms with E-state index < -0.39 is 5.97 Å². The number of benzene rings is 3. The molecule has 4 rings (SSSR count). The van der Waals surface area contributed by atoms with Gasteiger partial charge in [0.1, 0.15) is 5.75 Å². The van der Waals surface area contributed by atoms with Crippen molar-refractivity contribution in [1.29, 1.82) is 0 Å². The Morgan fingerprint density at radius 2 is 1.67 bits per heavy atom. The summed E-state index contributed by atoms with van der Waals surface area (Å²) in [4.78, 5) is 12.1. The van der Waals surface area contributed by atoms with Crippen LogP contribution in [-0.2, 0) is 6.42 Å². The standard InChI is InChI=1S/C23H18N4O2S/c28-22(19-9-5-2-6-10-19)29-20-13-11-18(12-14-20)16-24-27-21(25-26-23(27)30)15-17-7-3-1-4-8-17/h1-14,16H,15H2,(H,26,30)/b24-16-. The van der Waals surface area contributed by atoms with E-state index in [1.54, 1.807) is 47.3 Å². The number of hydrogen-bond donors (Lipinski definition) is 1. The molecule has 30 heavy (non-hydrogen) atoms. The van der Waals surface area contributed by atoms with Crippen molar-refractivity contribution >= 4 is 24.4 Å². The zero-order valence-electron chi connectivity index (χ0n) is 15.9. The normalized spacial score (nSPS) is 10.9. The van der Waals surface area contributed by atoms with Gasteiger partial charge < -0.3 is 4.74 Å². The number of aromatic amines is 1. The summed E-state index contributed by atoms with van der Waals surface area (Å²) in [6.07, 6.45) is 2.29. The second-order valence-corrected chi connectivity index (χ2v) is 6.88. The van der Waals surface area contributed by atoms with E-state index in [1.807, 2.05) is 48.5 Å². The third-order valence-electron chi connectivity index (χ3n) is 4.34. The van der Waals surface area contributed by atoms with Gasteiger partial charge in [0.2, 0.25) is 4.77 Å². The molecule has 0 spiro atoms. The van der Waals surface area contributed by atoms with Crippen molar-refractivity contribution in [3.8, 4) is 5.75 Å². The molecule has 0 saturated carbocycles. The number of aromatic nitrogens is 3. The average molecular weight is 414 g/mol. The first kappa shape index (κ1) is 19.5. The van der Waals surface area contributed by atoms with E-state index in [-0.39, 0.29) is 0 Å². The van der Waals surface area contributed by atoms with E-state index in [1.165, 1.54) is 0 Å². The number of carbonyl (C=O) groups is 1. The van der Waals surface area contributed by atoms with Crippen LogP contribution in [0.1, 0.15) is 27.3 Å². The van der Waals surface area contributed by atoms with E-state index in [0.717, 1.165) is 17.0 Å². The molecule has 1 aromatic heterocycles. The van der Waals surface area contributed by atoms with Gasteiger partial charge in [-0.15, -0.1) is 0 Å². The van der Waals surface area contributed by atoms with Crippen LogP contribution in [-0.4, -0.2) is 27.1 Å². The Bertz CT molecular complexity index is 1210. The number of carbonyl (C=O) groups excluding carboxylic acids is 1. The van der Waals surface area contributed by atoms with E-state index in [2.05, 4.69) is 15.3 Å². The predicted molar refractivity (Wildman–Crippen MR) is 117 cm³/mol. The van der Waals surface area contributed by atoms with Gasteiger partial charge >= 0.3 is 5.97 Å². The number of H-pyrrole nitrogens is 1. The highest BCUT2D eigenvalue weighted by Gasteiger charge is 2.08. The molecular weight excluding hydrogens is 396 g/mol. The number of esters is 1. The zero-order chi connectivity index (χ0) is 20.8. The molecule has 7 heteroatoms. The van der Waals surface area contributed by atoms with Crippen molar-refractivity contribution in [1.82, 2.24) is 14.9 Å². The van der Waals surface area contributed by atoms with Crippen LogP contribution in [0.5, 0.6) is 5.75 Å². The molecule has 0 bridgehead atoms. The summed E-state index contributed by atoms with van der Waals surface area (Å²) >= 11 is 5.29.